The molecule has 0 unspecified atom stereocenters. The maximum atomic E-state index is 11.9. The highest BCUT2D eigenvalue weighted by Crippen LogP contribution is 2.77. The summed E-state index contributed by atoms with van der Waals surface area (Å²) in [4.78, 5) is 0. The molecule has 4 saturated carbocycles. The average molecular weight is 385 g/mol. The van der Waals surface area contributed by atoms with Crippen LogP contribution in [0.1, 0.15) is 64.7 Å². The highest BCUT2D eigenvalue weighted by molar-refractivity contribution is 5.29. The van der Waals surface area contributed by atoms with Crippen LogP contribution in [0.25, 0.3) is 0 Å². The van der Waals surface area contributed by atoms with E-state index in [0.29, 0.717) is 5.92 Å². The van der Waals surface area contributed by atoms with E-state index in [9.17, 15) is 5.11 Å². The molecule has 3 heteroatoms. The smallest absolute Gasteiger partial charge is 0.172 e. The van der Waals surface area contributed by atoms with E-state index in [-0.39, 0.29) is 11.2 Å². The van der Waals surface area contributed by atoms with Crippen LogP contribution in [-0.4, -0.2) is 29.7 Å². The largest absolute Gasteiger partial charge is 0.389 e. The molecule has 0 aromatic rings. The number of fused-ring (bicyclic) bond motifs is 7. The normalized spacial score (nSPS) is 53.0. The number of hydrogen-bond donors (Lipinski definition) is 1. The summed E-state index contributed by atoms with van der Waals surface area (Å²) in [6.45, 7) is 7.86. The van der Waals surface area contributed by atoms with Crippen molar-refractivity contribution in [3.8, 4) is 0 Å². The minimum absolute atomic E-state index is 0.134. The third-order valence-electron chi connectivity index (χ3n) is 10.2. The van der Waals surface area contributed by atoms with Gasteiger partial charge in [-0.1, -0.05) is 24.6 Å². The van der Waals surface area contributed by atoms with Gasteiger partial charge >= 0.3 is 0 Å². The van der Waals surface area contributed by atoms with Gasteiger partial charge in [0.2, 0.25) is 0 Å². The van der Waals surface area contributed by atoms with Crippen molar-refractivity contribution in [1.82, 2.24) is 0 Å². The third-order valence-corrected chi connectivity index (χ3v) is 10.2. The van der Waals surface area contributed by atoms with Crippen LogP contribution in [-0.2, 0) is 9.47 Å². The van der Waals surface area contributed by atoms with Gasteiger partial charge in [0.05, 0.1) is 18.8 Å². The van der Waals surface area contributed by atoms with E-state index in [1.165, 1.54) is 32.1 Å². The second-order valence-corrected chi connectivity index (χ2v) is 10.8. The predicted octanol–water partition coefficient (Wildman–Crippen LogP) is 4.86. The molecule has 0 aromatic heterocycles. The molecular weight excluding hydrogens is 348 g/mol. The SMILES string of the molecule is C=CC[C@]1(O)[C@H]2C[C@H]2[C@H]2[C@@H]3CC=C4CC5(CC[C@@H]4[C@H]3CC[C@@]21CC)OCCO5. The van der Waals surface area contributed by atoms with Crippen LogP contribution in [0.15, 0.2) is 24.3 Å². The molecule has 28 heavy (non-hydrogen) atoms. The summed E-state index contributed by atoms with van der Waals surface area (Å²) in [6, 6.07) is 0. The lowest BCUT2D eigenvalue weighted by Crippen LogP contribution is -2.56. The van der Waals surface area contributed by atoms with E-state index in [0.717, 1.165) is 68.5 Å². The lowest BCUT2D eigenvalue weighted by atomic mass is 9.48. The highest BCUT2D eigenvalue weighted by Gasteiger charge is 2.76. The minimum atomic E-state index is -0.490. The first-order chi connectivity index (χ1) is 13.6. The van der Waals surface area contributed by atoms with Crippen LogP contribution in [0.4, 0.5) is 0 Å². The van der Waals surface area contributed by atoms with E-state index in [1.807, 2.05) is 6.08 Å². The molecule has 0 bridgehead atoms. The van der Waals surface area contributed by atoms with Gasteiger partial charge in [-0.25, -0.2) is 0 Å². The molecule has 1 spiro atoms. The molecule has 0 amide bonds. The second-order valence-electron chi connectivity index (χ2n) is 10.8. The fraction of sp³-hybridized carbons (Fsp3) is 0.840. The Morgan fingerprint density at radius 2 is 2.00 bits per heavy atom. The van der Waals surface area contributed by atoms with Crippen molar-refractivity contribution >= 4 is 0 Å². The van der Waals surface area contributed by atoms with Crippen LogP contribution in [0.3, 0.4) is 0 Å². The first-order valence-electron chi connectivity index (χ1n) is 11.9. The Balaban J connectivity index is 1.32. The molecule has 1 heterocycles. The van der Waals surface area contributed by atoms with Crippen LogP contribution < -0.4 is 0 Å². The molecule has 0 radical (unpaired) electrons. The number of ether oxygens (including phenoxy) is 2. The fourth-order valence-corrected chi connectivity index (χ4v) is 9.19. The van der Waals surface area contributed by atoms with Gasteiger partial charge in [-0.3, -0.25) is 0 Å². The number of aliphatic hydroxyl groups is 1. The standard InChI is InChI=1S/C25H36O3/c1-3-9-25(26)21-14-20(21)22-19-6-5-16-15-24(27-12-13-28-24)11-8-17(16)18(19)7-10-23(22,25)4-2/h3,5,17-22,26H,1,4,6-15H2,2H3/t17-,18+,19+,20+,21-,22+,23-,25-/m0/s1. The van der Waals surface area contributed by atoms with Crippen LogP contribution in [0.2, 0.25) is 0 Å². The number of rotatable bonds is 3. The first-order valence-corrected chi connectivity index (χ1v) is 11.9. The van der Waals surface area contributed by atoms with Gasteiger partial charge in [-0.05, 0) is 80.5 Å². The van der Waals surface area contributed by atoms with E-state index >= 15 is 0 Å². The summed E-state index contributed by atoms with van der Waals surface area (Å²) < 4.78 is 12.1. The zero-order valence-electron chi connectivity index (χ0n) is 17.4. The van der Waals surface area contributed by atoms with E-state index in [2.05, 4.69) is 19.6 Å². The molecule has 154 valence electrons. The Kier molecular flexibility index (Phi) is 3.86. The van der Waals surface area contributed by atoms with Crippen molar-refractivity contribution in [1.29, 1.82) is 0 Å². The number of allylic oxidation sites excluding steroid dienone is 1. The van der Waals surface area contributed by atoms with Crippen molar-refractivity contribution < 1.29 is 14.6 Å². The molecule has 6 aliphatic rings. The monoisotopic (exact) mass is 384 g/mol. The Hall–Kier alpha value is -0.640. The van der Waals surface area contributed by atoms with Crippen LogP contribution >= 0.6 is 0 Å². The summed E-state index contributed by atoms with van der Waals surface area (Å²) >= 11 is 0. The maximum Gasteiger partial charge on any atom is 0.172 e. The Labute approximate surface area is 169 Å². The Morgan fingerprint density at radius 1 is 1.18 bits per heavy atom. The first kappa shape index (κ1) is 18.2. The zero-order valence-corrected chi connectivity index (χ0v) is 17.4. The quantitative estimate of drug-likeness (QED) is 0.707. The van der Waals surface area contributed by atoms with Gasteiger partial charge in [-0.15, -0.1) is 6.58 Å². The topological polar surface area (TPSA) is 38.7 Å². The highest BCUT2D eigenvalue weighted by atomic mass is 16.7. The lowest BCUT2D eigenvalue weighted by molar-refractivity contribution is -0.180. The molecule has 5 fully saturated rings. The van der Waals surface area contributed by atoms with Crippen LogP contribution in [0, 0.1) is 40.9 Å². The summed E-state index contributed by atoms with van der Waals surface area (Å²) in [5, 5.41) is 11.9. The summed E-state index contributed by atoms with van der Waals surface area (Å²) in [6.07, 6.45) is 14.8. The molecule has 6 rings (SSSR count). The van der Waals surface area contributed by atoms with Crippen molar-refractivity contribution in [2.24, 2.45) is 40.9 Å². The van der Waals surface area contributed by atoms with Crippen molar-refractivity contribution in [2.75, 3.05) is 13.2 Å². The third kappa shape index (κ3) is 2.11. The van der Waals surface area contributed by atoms with Gasteiger partial charge < -0.3 is 14.6 Å². The second kappa shape index (κ2) is 5.95. The van der Waals surface area contributed by atoms with Gasteiger partial charge in [0.15, 0.2) is 5.79 Å². The lowest BCUT2D eigenvalue weighted by Gasteiger charge is -2.58. The van der Waals surface area contributed by atoms with Gasteiger partial charge in [0, 0.05) is 18.3 Å². The van der Waals surface area contributed by atoms with Gasteiger partial charge in [-0.2, -0.15) is 0 Å². The van der Waals surface area contributed by atoms with Gasteiger partial charge in [0.1, 0.15) is 0 Å². The summed E-state index contributed by atoms with van der Waals surface area (Å²) in [7, 11) is 0. The predicted molar refractivity (Wildman–Crippen MR) is 108 cm³/mol. The average Bonchev–Trinajstić information content (AvgIpc) is 3.33. The minimum Gasteiger partial charge on any atom is -0.389 e. The number of hydrogen-bond acceptors (Lipinski definition) is 3. The zero-order chi connectivity index (χ0) is 19.1. The molecule has 1 N–H and O–H groups in total. The maximum absolute atomic E-state index is 11.9. The van der Waals surface area contributed by atoms with Crippen molar-refractivity contribution in [2.45, 2.75) is 76.1 Å². The molecule has 5 aliphatic carbocycles. The summed E-state index contributed by atoms with van der Waals surface area (Å²) in [5.74, 6) is 4.05. The van der Waals surface area contributed by atoms with E-state index in [4.69, 9.17) is 9.47 Å². The van der Waals surface area contributed by atoms with E-state index in [1.54, 1.807) is 5.57 Å². The molecule has 3 nitrogen and oxygen atoms in total. The van der Waals surface area contributed by atoms with Gasteiger partial charge in [0.25, 0.3) is 0 Å². The molecule has 1 saturated heterocycles. The van der Waals surface area contributed by atoms with E-state index < -0.39 is 5.60 Å². The van der Waals surface area contributed by atoms with Crippen LogP contribution in [0.5, 0.6) is 0 Å². The Bertz CT molecular complexity index is 707. The molecule has 8 atom stereocenters. The van der Waals surface area contributed by atoms with Crippen molar-refractivity contribution in [3.05, 3.63) is 24.3 Å². The molecule has 1 aliphatic heterocycles. The fourth-order valence-electron chi connectivity index (χ4n) is 9.19. The molecular formula is C25H36O3. The molecule has 0 aromatic carbocycles. The Morgan fingerprint density at radius 3 is 2.75 bits per heavy atom. The van der Waals surface area contributed by atoms with Crippen molar-refractivity contribution in [3.63, 3.8) is 0 Å². The summed E-state index contributed by atoms with van der Waals surface area (Å²) in [5.41, 5.74) is 1.27.